The summed E-state index contributed by atoms with van der Waals surface area (Å²) >= 11 is 3.37. The van der Waals surface area contributed by atoms with E-state index in [0.717, 1.165) is 10.0 Å². The van der Waals surface area contributed by atoms with Crippen LogP contribution in [0.15, 0.2) is 53.0 Å². The van der Waals surface area contributed by atoms with Gasteiger partial charge in [0.15, 0.2) is 0 Å². The van der Waals surface area contributed by atoms with Crippen LogP contribution >= 0.6 is 15.9 Å². The van der Waals surface area contributed by atoms with Gasteiger partial charge in [0, 0.05) is 35.6 Å². The zero-order chi connectivity index (χ0) is 19.2. The number of benzene rings is 2. The molecule has 0 aliphatic carbocycles. The highest BCUT2D eigenvalue weighted by atomic mass is 79.9. The molecule has 1 aliphatic heterocycles. The summed E-state index contributed by atoms with van der Waals surface area (Å²) in [4.78, 5) is 26.7. The molecule has 1 N–H and O–H groups in total. The second kappa shape index (κ2) is 9.13. The highest BCUT2D eigenvalue weighted by molar-refractivity contribution is 9.10. The second-order valence-electron chi connectivity index (χ2n) is 6.74. The predicted octanol–water partition coefficient (Wildman–Crippen LogP) is 3.80. The second-order valence-corrected chi connectivity index (χ2v) is 7.66. The van der Waals surface area contributed by atoms with Crippen LogP contribution in [0.3, 0.4) is 0 Å². The van der Waals surface area contributed by atoms with Crippen molar-refractivity contribution in [2.45, 2.75) is 19.3 Å². The molecule has 0 bridgehead atoms. The normalized spacial score (nSPS) is 14.8. The minimum atomic E-state index is -0.262. The van der Waals surface area contributed by atoms with Crippen molar-refractivity contribution in [2.24, 2.45) is 5.92 Å². The summed E-state index contributed by atoms with van der Waals surface area (Å²) in [5.41, 5.74) is 1.53. The minimum absolute atomic E-state index is 0.00691. The van der Waals surface area contributed by atoms with Gasteiger partial charge in [-0.3, -0.25) is 9.59 Å². The Morgan fingerprint density at radius 1 is 1.11 bits per heavy atom. The van der Waals surface area contributed by atoms with Crippen LogP contribution in [0.5, 0.6) is 0 Å². The van der Waals surface area contributed by atoms with E-state index in [0.29, 0.717) is 44.5 Å². The molecule has 3 rings (SSSR count). The molecule has 0 spiro atoms. The quantitative estimate of drug-likeness (QED) is 0.780. The molecule has 27 heavy (non-hydrogen) atoms. The van der Waals surface area contributed by atoms with Crippen LogP contribution in [0.1, 0.15) is 28.8 Å². The van der Waals surface area contributed by atoms with Crippen molar-refractivity contribution < 1.29 is 14.0 Å². The monoisotopic (exact) mass is 432 g/mol. The molecule has 0 saturated carbocycles. The number of halogens is 2. The van der Waals surface area contributed by atoms with E-state index in [1.807, 2.05) is 18.2 Å². The molecule has 4 nitrogen and oxygen atoms in total. The van der Waals surface area contributed by atoms with Crippen LogP contribution < -0.4 is 5.32 Å². The van der Waals surface area contributed by atoms with E-state index in [1.165, 1.54) is 12.1 Å². The van der Waals surface area contributed by atoms with Crippen LogP contribution in [0.25, 0.3) is 0 Å². The van der Waals surface area contributed by atoms with Gasteiger partial charge in [0.2, 0.25) is 5.91 Å². The van der Waals surface area contributed by atoms with Gasteiger partial charge in [-0.05, 0) is 61.2 Å². The Morgan fingerprint density at radius 2 is 1.81 bits per heavy atom. The Kier molecular flexibility index (Phi) is 6.61. The zero-order valence-electron chi connectivity index (χ0n) is 15.0. The van der Waals surface area contributed by atoms with Crippen LogP contribution in [0.2, 0.25) is 0 Å². The van der Waals surface area contributed by atoms with Crippen molar-refractivity contribution in [2.75, 3.05) is 19.6 Å². The smallest absolute Gasteiger partial charge is 0.253 e. The highest BCUT2D eigenvalue weighted by Gasteiger charge is 2.27. The van der Waals surface area contributed by atoms with Crippen molar-refractivity contribution in [3.63, 3.8) is 0 Å². The number of carbonyl (C=O) groups is 2. The third-order valence-electron chi connectivity index (χ3n) is 4.85. The molecule has 0 unspecified atom stereocenters. The third kappa shape index (κ3) is 5.39. The number of carbonyl (C=O) groups excluding carboxylic acids is 2. The molecule has 0 radical (unpaired) electrons. The lowest BCUT2D eigenvalue weighted by Crippen LogP contribution is -2.43. The summed E-state index contributed by atoms with van der Waals surface area (Å²) in [5.74, 6) is -0.317. The molecule has 2 aromatic carbocycles. The maximum atomic E-state index is 13.2. The first-order valence-electron chi connectivity index (χ1n) is 9.10. The van der Waals surface area contributed by atoms with Gasteiger partial charge in [-0.2, -0.15) is 0 Å². The first-order chi connectivity index (χ1) is 13.0. The van der Waals surface area contributed by atoms with E-state index in [9.17, 15) is 14.0 Å². The summed E-state index contributed by atoms with van der Waals surface area (Å²) in [6.07, 6.45) is 1.92. The third-order valence-corrected chi connectivity index (χ3v) is 5.37. The van der Waals surface area contributed by atoms with Crippen LogP contribution in [0.4, 0.5) is 4.39 Å². The Morgan fingerprint density at radius 3 is 2.48 bits per heavy atom. The van der Waals surface area contributed by atoms with E-state index >= 15 is 0 Å². The predicted molar refractivity (Wildman–Crippen MR) is 106 cm³/mol. The van der Waals surface area contributed by atoms with E-state index in [4.69, 9.17) is 0 Å². The summed E-state index contributed by atoms with van der Waals surface area (Å²) < 4.78 is 14.1. The molecule has 0 atom stereocenters. The van der Waals surface area contributed by atoms with Gasteiger partial charge >= 0.3 is 0 Å². The molecule has 6 heteroatoms. The topological polar surface area (TPSA) is 49.4 Å². The first kappa shape index (κ1) is 19.5. The fourth-order valence-electron chi connectivity index (χ4n) is 3.29. The van der Waals surface area contributed by atoms with Gasteiger partial charge < -0.3 is 10.2 Å². The van der Waals surface area contributed by atoms with Crippen LogP contribution in [0, 0.1) is 11.7 Å². The van der Waals surface area contributed by atoms with Crippen molar-refractivity contribution in [1.29, 1.82) is 0 Å². The standard InChI is InChI=1S/C21H22BrFN2O2/c22-18-6-4-17(5-7-18)21(27)25-12-9-16(10-13-25)20(26)24-11-8-15-2-1-3-19(23)14-15/h1-7,14,16H,8-13H2,(H,24,26). The van der Waals surface area contributed by atoms with Gasteiger partial charge in [-0.25, -0.2) is 4.39 Å². The van der Waals surface area contributed by atoms with Gasteiger partial charge in [0.1, 0.15) is 5.82 Å². The van der Waals surface area contributed by atoms with Gasteiger partial charge in [-0.1, -0.05) is 28.1 Å². The number of hydrogen-bond donors (Lipinski definition) is 1. The molecular formula is C21H22BrFN2O2. The fourth-order valence-corrected chi connectivity index (χ4v) is 3.55. The molecule has 142 valence electrons. The lowest BCUT2D eigenvalue weighted by atomic mass is 9.95. The lowest BCUT2D eigenvalue weighted by molar-refractivity contribution is -0.126. The number of hydrogen-bond acceptors (Lipinski definition) is 2. The number of nitrogens with one attached hydrogen (secondary N) is 1. The number of amides is 2. The largest absolute Gasteiger partial charge is 0.356 e. The summed E-state index contributed by atoms with van der Waals surface area (Å²) in [5, 5.41) is 2.93. The maximum absolute atomic E-state index is 13.2. The van der Waals surface area contributed by atoms with E-state index in [-0.39, 0.29) is 23.5 Å². The molecule has 0 aromatic heterocycles. The first-order valence-corrected chi connectivity index (χ1v) is 9.89. The average molecular weight is 433 g/mol. The van der Waals surface area contributed by atoms with Crippen LogP contribution in [-0.2, 0) is 11.2 Å². The van der Waals surface area contributed by atoms with Crippen LogP contribution in [-0.4, -0.2) is 36.3 Å². The number of likely N-dealkylation sites (tertiary alicyclic amines) is 1. The Balaban J connectivity index is 1.43. The lowest BCUT2D eigenvalue weighted by Gasteiger charge is -2.31. The Labute approximate surface area is 166 Å². The molecule has 1 fully saturated rings. The van der Waals surface area contributed by atoms with E-state index in [1.54, 1.807) is 23.1 Å². The number of nitrogens with zero attached hydrogens (tertiary/aromatic N) is 1. The van der Waals surface area contributed by atoms with E-state index < -0.39 is 0 Å². The average Bonchev–Trinajstić information content (AvgIpc) is 2.68. The van der Waals surface area contributed by atoms with Crippen molar-refractivity contribution >= 4 is 27.7 Å². The zero-order valence-corrected chi connectivity index (χ0v) is 16.5. The molecular weight excluding hydrogens is 411 g/mol. The van der Waals surface area contributed by atoms with E-state index in [2.05, 4.69) is 21.2 Å². The number of piperidine rings is 1. The molecule has 1 aliphatic rings. The summed E-state index contributed by atoms with van der Waals surface area (Å²) in [6, 6.07) is 13.7. The summed E-state index contributed by atoms with van der Waals surface area (Å²) in [6.45, 7) is 1.65. The molecule has 2 aromatic rings. The molecule has 1 heterocycles. The Hall–Kier alpha value is -2.21. The van der Waals surface area contributed by atoms with Crippen molar-refractivity contribution in [1.82, 2.24) is 10.2 Å². The molecule has 2 amide bonds. The molecule has 1 saturated heterocycles. The SMILES string of the molecule is O=C(NCCc1cccc(F)c1)C1CCN(C(=O)c2ccc(Br)cc2)CC1. The fraction of sp³-hybridized carbons (Fsp3) is 0.333. The van der Waals surface area contributed by atoms with Crippen molar-refractivity contribution in [3.8, 4) is 0 Å². The maximum Gasteiger partial charge on any atom is 0.253 e. The summed E-state index contributed by atoms with van der Waals surface area (Å²) in [7, 11) is 0. The van der Waals surface area contributed by atoms with Gasteiger partial charge in [0.05, 0.1) is 0 Å². The Bertz CT molecular complexity index is 802. The highest BCUT2D eigenvalue weighted by Crippen LogP contribution is 2.20. The van der Waals surface area contributed by atoms with Gasteiger partial charge in [0.25, 0.3) is 5.91 Å². The van der Waals surface area contributed by atoms with Gasteiger partial charge in [-0.15, -0.1) is 0 Å². The number of rotatable bonds is 5. The minimum Gasteiger partial charge on any atom is -0.356 e. The van der Waals surface area contributed by atoms with Crippen molar-refractivity contribution in [3.05, 3.63) is 69.9 Å².